The van der Waals surface area contributed by atoms with Crippen LogP contribution in [0.25, 0.3) is 0 Å². The van der Waals surface area contributed by atoms with E-state index in [0.29, 0.717) is 6.04 Å². The van der Waals surface area contributed by atoms with E-state index in [2.05, 4.69) is 5.32 Å². The summed E-state index contributed by atoms with van der Waals surface area (Å²) < 4.78 is 12.7. The fourth-order valence-corrected chi connectivity index (χ4v) is 2.10. The molecule has 15 heavy (non-hydrogen) atoms. The summed E-state index contributed by atoms with van der Waals surface area (Å²) in [6.07, 6.45) is 4.65. The molecular weight excluding hydrogens is 191 g/mol. The van der Waals surface area contributed by atoms with E-state index in [4.69, 9.17) is 5.73 Å². The Morgan fingerprint density at radius 2 is 1.80 bits per heavy atom. The molecule has 3 heteroatoms. The van der Waals surface area contributed by atoms with Gasteiger partial charge in [-0.05, 0) is 37.1 Å². The Bertz CT molecular complexity index is 310. The monoisotopic (exact) mass is 208 g/mol. The molecule has 3 N–H and O–H groups in total. The van der Waals surface area contributed by atoms with Crippen LogP contribution in [0, 0.1) is 5.82 Å². The van der Waals surface area contributed by atoms with Gasteiger partial charge in [0.2, 0.25) is 0 Å². The standard InChI is InChI=1S/C12H17FN2/c13-9-5-7-10(8-6-9)15-12-4-2-1-3-11(12)14/h5-8,11-12,15H,1-4,14H2/t11-,12-/m0/s1. The number of nitrogens with one attached hydrogen (secondary N) is 1. The second-order valence-corrected chi connectivity index (χ2v) is 4.21. The molecule has 0 heterocycles. The Hall–Kier alpha value is -1.09. The topological polar surface area (TPSA) is 38.0 Å². The van der Waals surface area contributed by atoms with E-state index in [1.807, 2.05) is 0 Å². The third kappa shape index (κ3) is 2.69. The predicted molar refractivity (Wildman–Crippen MR) is 60.3 cm³/mol. The summed E-state index contributed by atoms with van der Waals surface area (Å²) in [4.78, 5) is 0. The lowest BCUT2D eigenvalue weighted by molar-refractivity contribution is 0.404. The first-order valence-electron chi connectivity index (χ1n) is 5.53. The normalized spacial score (nSPS) is 26.3. The molecule has 0 amide bonds. The molecule has 1 saturated carbocycles. The highest BCUT2D eigenvalue weighted by atomic mass is 19.1. The van der Waals surface area contributed by atoms with Crippen molar-refractivity contribution in [2.75, 3.05) is 5.32 Å². The number of halogens is 1. The van der Waals surface area contributed by atoms with Crippen LogP contribution in [0.5, 0.6) is 0 Å². The molecule has 2 rings (SSSR count). The quantitative estimate of drug-likeness (QED) is 0.783. The van der Waals surface area contributed by atoms with Gasteiger partial charge in [-0.25, -0.2) is 4.39 Å². The summed E-state index contributed by atoms with van der Waals surface area (Å²) in [5.41, 5.74) is 6.98. The largest absolute Gasteiger partial charge is 0.381 e. The van der Waals surface area contributed by atoms with Crippen molar-refractivity contribution in [3.05, 3.63) is 30.1 Å². The summed E-state index contributed by atoms with van der Waals surface area (Å²) in [6.45, 7) is 0. The van der Waals surface area contributed by atoms with Crippen molar-refractivity contribution in [2.24, 2.45) is 5.73 Å². The fourth-order valence-electron chi connectivity index (χ4n) is 2.10. The first-order valence-corrected chi connectivity index (χ1v) is 5.53. The van der Waals surface area contributed by atoms with Gasteiger partial charge in [0.1, 0.15) is 5.82 Å². The highest BCUT2D eigenvalue weighted by Gasteiger charge is 2.21. The van der Waals surface area contributed by atoms with Crippen molar-refractivity contribution in [2.45, 2.75) is 37.8 Å². The number of anilines is 1. The Morgan fingerprint density at radius 3 is 2.47 bits per heavy atom. The van der Waals surface area contributed by atoms with Crippen LogP contribution in [-0.2, 0) is 0 Å². The first-order chi connectivity index (χ1) is 7.25. The SMILES string of the molecule is N[C@H]1CCCC[C@@H]1Nc1ccc(F)cc1. The van der Waals surface area contributed by atoms with Crippen LogP contribution in [0.15, 0.2) is 24.3 Å². The first kappa shape index (κ1) is 10.4. The molecule has 1 aromatic rings. The Kier molecular flexibility index (Phi) is 3.21. The van der Waals surface area contributed by atoms with E-state index in [1.165, 1.54) is 25.0 Å². The minimum Gasteiger partial charge on any atom is -0.381 e. The number of hydrogen-bond donors (Lipinski definition) is 2. The summed E-state index contributed by atoms with van der Waals surface area (Å²) in [7, 11) is 0. The maximum absolute atomic E-state index is 12.7. The lowest BCUT2D eigenvalue weighted by Gasteiger charge is -2.30. The zero-order valence-electron chi connectivity index (χ0n) is 8.75. The van der Waals surface area contributed by atoms with Crippen molar-refractivity contribution in [1.29, 1.82) is 0 Å². The van der Waals surface area contributed by atoms with Crippen LogP contribution < -0.4 is 11.1 Å². The fraction of sp³-hybridized carbons (Fsp3) is 0.500. The molecule has 0 bridgehead atoms. The third-order valence-corrected chi connectivity index (χ3v) is 3.02. The molecular formula is C12H17FN2. The minimum absolute atomic E-state index is 0.200. The minimum atomic E-state index is -0.200. The highest BCUT2D eigenvalue weighted by molar-refractivity contribution is 5.44. The van der Waals surface area contributed by atoms with Crippen LogP contribution >= 0.6 is 0 Å². The van der Waals surface area contributed by atoms with Gasteiger partial charge in [0.05, 0.1) is 0 Å². The molecule has 0 unspecified atom stereocenters. The van der Waals surface area contributed by atoms with Crippen LogP contribution in [0.4, 0.5) is 10.1 Å². The van der Waals surface area contributed by atoms with Crippen molar-refractivity contribution < 1.29 is 4.39 Å². The van der Waals surface area contributed by atoms with Crippen LogP contribution in [0.2, 0.25) is 0 Å². The van der Waals surface area contributed by atoms with Gasteiger partial charge in [-0.1, -0.05) is 12.8 Å². The molecule has 0 aliphatic heterocycles. The van der Waals surface area contributed by atoms with E-state index in [1.54, 1.807) is 12.1 Å². The lowest BCUT2D eigenvalue weighted by Crippen LogP contribution is -2.42. The molecule has 1 aliphatic rings. The van der Waals surface area contributed by atoms with Crippen molar-refractivity contribution in [1.82, 2.24) is 0 Å². The molecule has 0 saturated heterocycles. The number of nitrogens with two attached hydrogens (primary N) is 1. The Labute approximate surface area is 89.7 Å². The zero-order chi connectivity index (χ0) is 10.7. The lowest BCUT2D eigenvalue weighted by atomic mass is 9.91. The molecule has 1 aromatic carbocycles. The van der Waals surface area contributed by atoms with Gasteiger partial charge >= 0.3 is 0 Å². The molecule has 1 fully saturated rings. The molecule has 82 valence electrons. The molecule has 0 aromatic heterocycles. The third-order valence-electron chi connectivity index (χ3n) is 3.02. The molecule has 2 atom stereocenters. The second-order valence-electron chi connectivity index (χ2n) is 4.21. The Balaban J connectivity index is 1.98. The van der Waals surface area contributed by atoms with Gasteiger partial charge in [-0.15, -0.1) is 0 Å². The number of rotatable bonds is 2. The van der Waals surface area contributed by atoms with Crippen molar-refractivity contribution in [3.63, 3.8) is 0 Å². The Morgan fingerprint density at radius 1 is 1.13 bits per heavy atom. The van der Waals surface area contributed by atoms with Gasteiger partial charge in [-0.3, -0.25) is 0 Å². The summed E-state index contributed by atoms with van der Waals surface area (Å²) in [5, 5.41) is 3.37. The van der Waals surface area contributed by atoms with Gasteiger partial charge < -0.3 is 11.1 Å². The maximum Gasteiger partial charge on any atom is 0.123 e. The average molecular weight is 208 g/mol. The van der Waals surface area contributed by atoms with Crippen molar-refractivity contribution >= 4 is 5.69 Å². The second kappa shape index (κ2) is 4.62. The smallest absolute Gasteiger partial charge is 0.123 e. The maximum atomic E-state index is 12.7. The van der Waals surface area contributed by atoms with Crippen molar-refractivity contribution in [3.8, 4) is 0 Å². The van der Waals surface area contributed by atoms with E-state index in [9.17, 15) is 4.39 Å². The molecule has 2 nitrogen and oxygen atoms in total. The van der Waals surface area contributed by atoms with Crippen LogP contribution in [0.3, 0.4) is 0 Å². The van der Waals surface area contributed by atoms with Gasteiger partial charge in [0, 0.05) is 17.8 Å². The molecule has 1 aliphatic carbocycles. The zero-order valence-corrected chi connectivity index (χ0v) is 8.75. The van der Waals surface area contributed by atoms with Crippen LogP contribution in [-0.4, -0.2) is 12.1 Å². The van der Waals surface area contributed by atoms with Gasteiger partial charge in [-0.2, -0.15) is 0 Å². The average Bonchev–Trinajstić information content (AvgIpc) is 2.25. The summed E-state index contributed by atoms with van der Waals surface area (Å²) in [6, 6.07) is 7.02. The molecule has 0 radical (unpaired) electrons. The van der Waals surface area contributed by atoms with Crippen LogP contribution in [0.1, 0.15) is 25.7 Å². The van der Waals surface area contributed by atoms with E-state index < -0.39 is 0 Å². The van der Waals surface area contributed by atoms with E-state index >= 15 is 0 Å². The summed E-state index contributed by atoms with van der Waals surface area (Å²) in [5.74, 6) is -0.200. The summed E-state index contributed by atoms with van der Waals surface area (Å²) >= 11 is 0. The number of hydrogen-bond acceptors (Lipinski definition) is 2. The highest BCUT2D eigenvalue weighted by Crippen LogP contribution is 2.21. The van der Waals surface area contributed by atoms with Gasteiger partial charge in [0.25, 0.3) is 0 Å². The predicted octanol–water partition coefficient (Wildman–Crippen LogP) is 2.51. The number of benzene rings is 1. The van der Waals surface area contributed by atoms with E-state index in [0.717, 1.165) is 18.5 Å². The van der Waals surface area contributed by atoms with E-state index in [-0.39, 0.29) is 11.9 Å². The molecule has 0 spiro atoms. The van der Waals surface area contributed by atoms with Gasteiger partial charge in [0.15, 0.2) is 0 Å².